The van der Waals surface area contributed by atoms with Crippen LogP contribution >= 0.6 is 11.8 Å². The van der Waals surface area contributed by atoms with E-state index in [0.717, 1.165) is 28.2 Å². The number of hydrogen-bond donors (Lipinski definition) is 1. The summed E-state index contributed by atoms with van der Waals surface area (Å²) in [5.74, 6) is 2.40. The van der Waals surface area contributed by atoms with Crippen molar-refractivity contribution in [3.05, 3.63) is 107 Å². The lowest BCUT2D eigenvalue weighted by atomic mass is 10.1. The number of aromatic nitrogens is 2. The molecule has 0 aliphatic carbocycles. The van der Waals surface area contributed by atoms with E-state index in [1.165, 1.54) is 11.8 Å². The maximum Gasteiger partial charge on any atom is 0.252 e. The number of benzene rings is 3. The molecule has 33 heavy (non-hydrogen) atoms. The molecule has 1 amide bonds. The Morgan fingerprint density at radius 2 is 1.73 bits per heavy atom. The van der Waals surface area contributed by atoms with Gasteiger partial charge in [-0.25, -0.2) is 0 Å². The number of nitrogens with zero attached hydrogens (tertiary/aromatic N) is 2. The van der Waals surface area contributed by atoms with E-state index in [2.05, 4.69) is 15.5 Å². The Morgan fingerprint density at radius 3 is 2.48 bits per heavy atom. The van der Waals surface area contributed by atoms with E-state index < -0.39 is 0 Å². The predicted molar refractivity (Wildman–Crippen MR) is 128 cm³/mol. The summed E-state index contributed by atoms with van der Waals surface area (Å²) >= 11 is 1.51. The van der Waals surface area contributed by atoms with Crippen molar-refractivity contribution in [2.45, 2.75) is 30.6 Å². The smallest absolute Gasteiger partial charge is 0.252 e. The number of carbonyl (C=O) groups excluding carboxylic acids is 1. The zero-order chi connectivity index (χ0) is 22.9. The molecule has 0 unspecified atom stereocenters. The molecule has 4 aromatic rings. The second-order valence-electron chi connectivity index (χ2n) is 7.44. The van der Waals surface area contributed by atoms with Crippen molar-refractivity contribution >= 4 is 17.7 Å². The van der Waals surface area contributed by atoms with Gasteiger partial charge in [-0.1, -0.05) is 59.8 Å². The highest BCUT2D eigenvalue weighted by molar-refractivity contribution is 7.98. The largest absolute Gasteiger partial charge is 0.489 e. The van der Waals surface area contributed by atoms with Crippen molar-refractivity contribution in [2.24, 2.45) is 0 Å². The molecular weight excluding hydrogens is 434 g/mol. The zero-order valence-electron chi connectivity index (χ0n) is 18.4. The lowest BCUT2D eigenvalue weighted by molar-refractivity contribution is 0.0951. The average molecular weight is 460 g/mol. The highest BCUT2D eigenvalue weighted by Crippen LogP contribution is 2.26. The zero-order valence-corrected chi connectivity index (χ0v) is 19.2. The molecule has 1 N–H and O–H groups in total. The summed E-state index contributed by atoms with van der Waals surface area (Å²) in [4.78, 5) is 17.8. The molecule has 1 heterocycles. The molecular formula is C26H25N3O3S. The van der Waals surface area contributed by atoms with Crippen LogP contribution in [-0.2, 0) is 18.8 Å². The topological polar surface area (TPSA) is 77.2 Å². The highest BCUT2D eigenvalue weighted by Gasteiger charge is 2.12. The number of ether oxygens (including phenoxy) is 1. The lowest BCUT2D eigenvalue weighted by Crippen LogP contribution is -2.26. The molecule has 3 aromatic carbocycles. The quantitative estimate of drug-likeness (QED) is 0.328. The third-order valence-corrected chi connectivity index (χ3v) is 5.98. The Labute approximate surface area is 197 Å². The van der Waals surface area contributed by atoms with Crippen LogP contribution in [0.1, 0.15) is 33.2 Å². The molecule has 0 atom stereocenters. The van der Waals surface area contributed by atoms with Crippen LogP contribution in [0.2, 0.25) is 0 Å². The van der Waals surface area contributed by atoms with Gasteiger partial charge in [0.1, 0.15) is 12.4 Å². The number of amides is 1. The Balaban J connectivity index is 1.25. The van der Waals surface area contributed by atoms with E-state index in [9.17, 15) is 4.79 Å². The van der Waals surface area contributed by atoms with Crippen LogP contribution in [0.25, 0.3) is 0 Å². The van der Waals surface area contributed by atoms with Gasteiger partial charge >= 0.3 is 0 Å². The molecule has 6 nitrogen and oxygen atoms in total. The van der Waals surface area contributed by atoms with Gasteiger partial charge in [0.2, 0.25) is 5.89 Å². The number of thioether (sulfide) groups is 1. The first kappa shape index (κ1) is 22.6. The van der Waals surface area contributed by atoms with E-state index in [4.69, 9.17) is 9.26 Å². The van der Waals surface area contributed by atoms with Crippen LogP contribution in [0, 0.1) is 6.92 Å². The summed E-state index contributed by atoms with van der Waals surface area (Å²) in [5, 5.41) is 6.82. The third-order valence-electron chi connectivity index (χ3n) is 4.92. The van der Waals surface area contributed by atoms with Crippen molar-refractivity contribution in [2.75, 3.05) is 6.54 Å². The van der Waals surface area contributed by atoms with E-state index in [1.54, 1.807) is 6.92 Å². The summed E-state index contributed by atoms with van der Waals surface area (Å²) in [7, 11) is 0. The van der Waals surface area contributed by atoms with Crippen molar-refractivity contribution in [3.63, 3.8) is 0 Å². The highest BCUT2D eigenvalue weighted by atomic mass is 32.2. The maximum atomic E-state index is 12.7. The Kier molecular flexibility index (Phi) is 7.76. The summed E-state index contributed by atoms with van der Waals surface area (Å²) in [6, 6.07) is 25.6. The van der Waals surface area contributed by atoms with Gasteiger partial charge in [-0.15, -0.1) is 11.8 Å². The fourth-order valence-corrected chi connectivity index (χ4v) is 4.11. The van der Waals surface area contributed by atoms with Gasteiger partial charge in [-0.05, 0) is 48.7 Å². The van der Waals surface area contributed by atoms with Crippen molar-refractivity contribution in [3.8, 4) is 5.75 Å². The summed E-state index contributed by atoms with van der Waals surface area (Å²) < 4.78 is 11.0. The van der Waals surface area contributed by atoms with E-state index >= 15 is 0 Å². The van der Waals surface area contributed by atoms with Crippen LogP contribution in [0.15, 0.2) is 88.3 Å². The molecule has 4 rings (SSSR count). The first-order valence-corrected chi connectivity index (χ1v) is 11.7. The van der Waals surface area contributed by atoms with E-state index in [1.807, 2.05) is 78.9 Å². The van der Waals surface area contributed by atoms with Crippen LogP contribution in [0.5, 0.6) is 5.75 Å². The van der Waals surface area contributed by atoms with Crippen molar-refractivity contribution in [1.82, 2.24) is 15.5 Å². The predicted octanol–water partition coefficient (Wildman–Crippen LogP) is 5.22. The fraction of sp³-hybridized carbons (Fsp3) is 0.192. The molecule has 7 heteroatoms. The second-order valence-corrected chi connectivity index (χ2v) is 8.46. The number of hydrogen-bond acceptors (Lipinski definition) is 6. The van der Waals surface area contributed by atoms with Gasteiger partial charge in [0.05, 0.1) is 11.3 Å². The van der Waals surface area contributed by atoms with Crippen molar-refractivity contribution in [1.29, 1.82) is 0 Å². The van der Waals surface area contributed by atoms with Crippen LogP contribution in [-0.4, -0.2) is 22.6 Å². The maximum absolute atomic E-state index is 12.7. The minimum Gasteiger partial charge on any atom is -0.489 e. The van der Waals surface area contributed by atoms with Gasteiger partial charge in [0.25, 0.3) is 5.91 Å². The Morgan fingerprint density at radius 1 is 0.970 bits per heavy atom. The van der Waals surface area contributed by atoms with Crippen molar-refractivity contribution < 1.29 is 14.1 Å². The normalized spacial score (nSPS) is 10.7. The SMILES string of the molecule is Cc1noc(CSc2ccccc2C(=O)NCCc2ccc(OCc3ccccc3)cc2)n1. The molecule has 0 aliphatic heterocycles. The third kappa shape index (κ3) is 6.70. The molecule has 0 fully saturated rings. The average Bonchev–Trinajstić information content (AvgIpc) is 3.28. The van der Waals surface area contributed by atoms with Crippen LogP contribution < -0.4 is 10.1 Å². The molecule has 1 aromatic heterocycles. The molecule has 168 valence electrons. The summed E-state index contributed by atoms with van der Waals surface area (Å²) in [6.45, 7) is 2.87. The lowest BCUT2D eigenvalue weighted by Gasteiger charge is -2.10. The molecule has 0 spiro atoms. The Hall–Kier alpha value is -3.58. The van der Waals surface area contributed by atoms with Crippen LogP contribution in [0.4, 0.5) is 0 Å². The first-order valence-electron chi connectivity index (χ1n) is 10.7. The molecule has 0 bridgehead atoms. The number of aryl methyl sites for hydroxylation is 1. The summed E-state index contributed by atoms with van der Waals surface area (Å²) in [5.41, 5.74) is 2.91. The number of carbonyl (C=O) groups is 1. The minimum absolute atomic E-state index is 0.0948. The molecule has 0 radical (unpaired) electrons. The monoisotopic (exact) mass is 459 g/mol. The van der Waals surface area contributed by atoms with E-state index in [-0.39, 0.29) is 5.91 Å². The number of nitrogens with one attached hydrogen (secondary N) is 1. The second kappa shape index (κ2) is 11.3. The number of rotatable bonds is 10. The van der Waals surface area contributed by atoms with Crippen LogP contribution in [0.3, 0.4) is 0 Å². The molecule has 0 saturated carbocycles. The first-order chi connectivity index (χ1) is 16.2. The van der Waals surface area contributed by atoms with E-state index in [0.29, 0.717) is 36.2 Å². The van der Waals surface area contributed by atoms with Gasteiger partial charge in [0.15, 0.2) is 5.82 Å². The molecule has 0 aliphatic rings. The Bertz CT molecular complexity index is 1180. The van der Waals surface area contributed by atoms with Gasteiger partial charge in [-0.3, -0.25) is 4.79 Å². The fourth-order valence-electron chi connectivity index (χ4n) is 3.23. The molecule has 0 saturated heterocycles. The standard InChI is InChI=1S/C26H25N3O3S/c1-19-28-25(32-29-19)18-33-24-10-6-5-9-23(24)26(30)27-16-15-20-11-13-22(14-12-20)31-17-21-7-3-2-4-8-21/h2-14H,15-18H2,1H3,(H,27,30). The minimum atomic E-state index is -0.0948. The van der Waals surface area contributed by atoms with Gasteiger partial charge in [-0.2, -0.15) is 4.98 Å². The van der Waals surface area contributed by atoms with Gasteiger partial charge < -0.3 is 14.6 Å². The van der Waals surface area contributed by atoms with Gasteiger partial charge in [0, 0.05) is 11.4 Å². The summed E-state index contributed by atoms with van der Waals surface area (Å²) in [6.07, 6.45) is 0.737.